The molecule has 1 fully saturated rings. The number of aryl methyl sites for hydroxylation is 1. The molecule has 19 heavy (non-hydrogen) atoms. The fourth-order valence-corrected chi connectivity index (χ4v) is 3.39. The van der Waals surface area contributed by atoms with Crippen LogP contribution in [0.3, 0.4) is 0 Å². The molecule has 0 radical (unpaired) electrons. The minimum Gasteiger partial charge on any atom is -0.335 e. The number of imidazole rings is 1. The predicted molar refractivity (Wildman–Crippen MR) is 80.3 cm³/mol. The maximum Gasteiger partial charge on any atom is 0.110 e. The summed E-state index contributed by atoms with van der Waals surface area (Å²) in [4.78, 5) is 4.56. The predicted octanol–water partition coefficient (Wildman–Crippen LogP) is 3.39. The SMILES string of the molecule is CCCn1ccnc1CC(NC)C1CCCCCC1. The summed E-state index contributed by atoms with van der Waals surface area (Å²) in [7, 11) is 2.11. The Kier molecular flexibility index (Phi) is 5.90. The van der Waals surface area contributed by atoms with E-state index in [0.29, 0.717) is 6.04 Å². The molecule has 0 spiro atoms. The van der Waals surface area contributed by atoms with Crippen LogP contribution in [0, 0.1) is 5.92 Å². The summed E-state index contributed by atoms with van der Waals surface area (Å²) in [6.07, 6.45) is 14.8. The molecule has 0 bridgehead atoms. The molecule has 1 heterocycles. The van der Waals surface area contributed by atoms with Gasteiger partial charge in [-0.05, 0) is 32.2 Å². The van der Waals surface area contributed by atoms with E-state index in [9.17, 15) is 0 Å². The van der Waals surface area contributed by atoms with Crippen LogP contribution in [-0.2, 0) is 13.0 Å². The van der Waals surface area contributed by atoms with E-state index in [1.165, 1.54) is 50.8 Å². The Hall–Kier alpha value is -0.830. The number of aromatic nitrogens is 2. The fraction of sp³-hybridized carbons (Fsp3) is 0.812. The van der Waals surface area contributed by atoms with Gasteiger partial charge in [-0.2, -0.15) is 0 Å². The van der Waals surface area contributed by atoms with Crippen molar-refractivity contribution in [3.8, 4) is 0 Å². The number of nitrogens with one attached hydrogen (secondary N) is 1. The Bertz CT molecular complexity index is 351. The second kappa shape index (κ2) is 7.68. The van der Waals surface area contributed by atoms with E-state index in [1.54, 1.807) is 0 Å². The molecule has 0 amide bonds. The second-order valence-electron chi connectivity index (χ2n) is 5.89. The van der Waals surface area contributed by atoms with Crippen LogP contribution in [0.5, 0.6) is 0 Å². The van der Waals surface area contributed by atoms with Gasteiger partial charge in [0.15, 0.2) is 0 Å². The summed E-state index contributed by atoms with van der Waals surface area (Å²) < 4.78 is 2.32. The van der Waals surface area contributed by atoms with Gasteiger partial charge in [-0.25, -0.2) is 4.98 Å². The third-order valence-corrected chi connectivity index (χ3v) is 4.51. The molecule has 1 aliphatic carbocycles. The van der Waals surface area contributed by atoms with Crippen molar-refractivity contribution < 1.29 is 0 Å². The summed E-state index contributed by atoms with van der Waals surface area (Å²) in [5, 5.41) is 3.55. The van der Waals surface area contributed by atoms with Crippen LogP contribution < -0.4 is 5.32 Å². The highest BCUT2D eigenvalue weighted by atomic mass is 15.1. The van der Waals surface area contributed by atoms with Gasteiger partial charge in [-0.3, -0.25) is 0 Å². The van der Waals surface area contributed by atoms with Gasteiger partial charge in [0.25, 0.3) is 0 Å². The first-order valence-electron chi connectivity index (χ1n) is 8.02. The quantitative estimate of drug-likeness (QED) is 0.797. The van der Waals surface area contributed by atoms with Crippen molar-refractivity contribution in [3.05, 3.63) is 18.2 Å². The molecule has 0 saturated heterocycles. The summed E-state index contributed by atoms with van der Waals surface area (Å²) in [5.74, 6) is 2.09. The molecule has 1 aromatic rings. The van der Waals surface area contributed by atoms with Crippen LogP contribution in [0.2, 0.25) is 0 Å². The van der Waals surface area contributed by atoms with Crippen molar-refractivity contribution in [1.29, 1.82) is 0 Å². The molecular weight excluding hydrogens is 234 g/mol. The van der Waals surface area contributed by atoms with Crippen molar-refractivity contribution in [2.75, 3.05) is 7.05 Å². The van der Waals surface area contributed by atoms with Gasteiger partial charge in [-0.1, -0.05) is 32.6 Å². The first-order chi connectivity index (χ1) is 9.35. The van der Waals surface area contributed by atoms with Gasteiger partial charge in [0.1, 0.15) is 5.82 Å². The zero-order chi connectivity index (χ0) is 13.5. The summed E-state index contributed by atoms with van der Waals surface area (Å²) >= 11 is 0. The van der Waals surface area contributed by atoms with E-state index in [4.69, 9.17) is 0 Å². The maximum atomic E-state index is 4.56. The van der Waals surface area contributed by atoms with Crippen LogP contribution in [0.15, 0.2) is 12.4 Å². The highest BCUT2D eigenvalue weighted by molar-refractivity contribution is 4.97. The standard InChI is InChI=1S/C16H29N3/c1-3-11-19-12-10-18-16(19)13-15(17-2)14-8-6-4-5-7-9-14/h10,12,14-15,17H,3-9,11,13H2,1-2H3. The lowest BCUT2D eigenvalue weighted by Crippen LogP contribution is -2.36. The Morgan fingerprint density at radius 2 is 2.05 bits per heavy atom. The Morgan fingerprint density at radius 3 is 2.68 bits per heavy atom. The Balaban J connectivity index is 1.98. The minimum atomic E-state index is 0.594. The molecule has 1 aliphatic rings. The van der Waals surface area contributed by atoms with Crippen LogP contribution >= 0.6 is 0 Å². The molecule has 1 saturated carbocycles. The summed E-state index contributed by atoms with van der Waals surface area (Å²) in [5.41, 5.74) is 0. The Morgan fingerprint density at radius 1 is 1.32 bits per heavy atom. The van der Waals surface area contributed by atoms with Gasteiger partial charge < -0.3 is 9.88 Å². The van der Waals surface area contributed by atoms with Gasteiger partial charge in [0.05, 0.1) is 0 Å². The monoisotopic (exact) mass is 263 g/mol. The zero-order valence-electron chi connectivity index (χ0n) is 12.6. The minimum absolute atomic E-state index is 0.594. The molecule has 1 N–H and O–H groups in total. The summed E-state index contributed by atoms with van der Waals surface area (Å²) in [6, 6.07) is 0.594. The van der Waals surface area contributed by atoms with E-state index in [1.807, 2.05) is 6.20 Å². The van der Waals surface area contributed by atoms with Gasteiger partial charge >= 0.3 is 0 Å². The van der Waals surface area contributed by atoms with Crippen LogP contribution in [0.25, 0.3) is 0 Å². The van der Waals surface area contributed by atoms with E-state index in [-0.39, 0.29) is 0 Å². The fourth-order valence-electron chi connectivity index (χ4n) is 3.39. The first-order valence-corrected chi connectivity index (χ1v) is 8.02. The lowest BCUT2D eigenvalue weighted by Gasteiger charge is -2.26. The smallest absolute Gasteiger partial charge is 0.110 e. The summed E-state index contributed by atoms with van der Waals surface area (Å²) in [6.45, 7) is 3.32. The number of hydrogen-bond acceptors (Lipinski definition) is 2. The van der Waals surface area contributed by atoms with Crippen LogP contribution in [-0.4, -0.2) is 22.6 Å². The third-order valence-electron chi connectivity index (χ3n) is 4.51. The number of rotatable bonds is 6. The second-order valence-corrected chi connectivity index (χ2v) is 5.89. The average molecular weight is 263 g/mol. The molecule has 1 unspecified atom stereocenters. The number of nitrogens with zero attached hydrogens (tertiary/aromatic N) is 2. The van der Waals surface area contributed by atoms with Crippen LogP contribution in [0.4, 0.5) is 0 Å². The van der Waals surface area contributed by atoms with E-state index >= 15 is 0 Å². The van der Waals surface area contributed by atoms with Crippen molar-refractivity contribution in [1.82, 2.24) is 14.9 Å². The largest absolute Gasteiger partial charge is 0.335 e. The molecule has 108 valence electrons. The van der Waals surface area contributed by atoms with Crippen molar-refractivity contribution in [2.45, 2.75) is 70.9 Å². The highest BCUT2D eigenvalue weighted by Crippen LogP contribution is 2.26. The van der Waals surface area contributed by atoms with Gasteiger partial charge in [-0.15, -0.1) is 0 Å². The number of likely N-dealkylation sites (N-methyl/N-ethyl adjacent to an activating group) is 1. The zero-order valence-corrected chi connectivity index (χ0v) is 12.6. The first kappa shape index (κ1) is 14.6. The van der Waals surface area contributed by atoms with Crippen LogP contribution in [0.1, 0.15) is 57.7 Å². The van der Waals surface area contributed by atoms with Crippen molar-refractivity contribution in [3.63, 3.8) is 0 Å². The molecule has 2 rings (SSSR count). The van der Waals surface area contributed by atoms with E-state index in [0.717, 1.165) is 18.9 Å². The van der Waals surface area contributed by atoms with E-state index < -0.39 is 0 Å². The molecule has 3 nitrogen and oxygen atoms in total. The molecular formula is C16H29N3. The molecule has 1 aromatic heterocycles. The van der Waals surface area contributed by atoms with E-state index in [2.05, 4.69) is 35.0 Å². The van der Waals surface area contributed by atoms with Crippen molar-refractivity contribution in [2.24, 2.45) is 5.92 Å². The lowest BCUT2D eigenvalue weighted by molar-refractivity contribution is 0.326. The normalized spacial score (nSPS) is 19.3. The highest BCUT2D eigenvalue weighted by Gasteiger charge is 2.23. The molecule has 1 atom stereocenters. The lowest BCUT2D eigenvalue weighted by atomic mass is 9.89. The number of hydrogen-bond donors (Lipinski definition) is 1. The molecule has 0 aromatic carbocycles. The molecule has 0 aliphatic heterocycles. The topological polar surface area (TPSA) is 29.9 Å². The molecule has 3 heteroatoms. The average Bonchev–Trinajstić information content (AvgIpc) is 2.69. The Labute approximate surface area is 117 Å². The maximum absolute atomic E-state index is 4.56. The van der Waals surface area contributed by atoms with Gasteiger partial charge in [0, 0.05) is 31.4 Å². The van der Waals surface area contributed by atoms with Crippen molar-refractivity contribution >= 4 is 0 Å². The third kappa shape index (κ3) is 4.07. The van der Waals surface area contributed by atoms with Gasteiger partial charge in [0.2, 0.25) is 0 Å².